The lowest BCUT2D eigenvalue weighted by Crippen LogP contribution is -2.35. The Morgan fingerprint density at radius 2 is 1.52 bits per heavy atom. The molecule has 0 radical (unpaired) electrons. The Balaban J connectivity index is 1.97. The van der Waals surface area contributed by atoms with E-state index < -0.39 is 21.8 Å². The third-order valence-electron chi connectivity index (χ3n) is 3.11. The number of carbonyl (C=O) groups is 2. The normalized spacial score (nSPS) is 11.0. The Morgan fingerprint density at radius 3 is 2.04 bits per heavy atom. The molecule has 25 heavy (non-hydrogen) atoms. The molecule has 0 aliphatic carbocycles. The third-order valence-corrected chi connectivity index (χ3v) is 4.67. The maximum Gasteiger partial charge on any atom is 0.313 e. The predicted octanol–water partition coefficient (Wildman–Crippen LogP) is 1.90. The van der Waals surface area contributed by atoms with E-state index in [-0.39, 0.29) is 27.2 Å². The summed E-state index contributed by atoms with van der Waals surface area (Å²) < 4.78 is 22.3. The van der Waals surface area contributed by atoms with Crippen LogP contribution in [0.15, 0.2) is 47.4 Å². The van der Waals surface area contributed by atoms with Crippen molar-refractivity contribution in [1.82, 2.24) is 5.32 Å². The van der Waals surface area contributed by atoms with Gasteiger partial charge < -0.3 is 10.6 Å². The summed E-state index contributed by atoms with van der Waals surface area (Å²) >= 11 is 11.8. The molecule has 0 saturated carbocycles. The molecule has 2 aromatic carbocycles. The molecule has 2 amide bonds. The number of sulfonamides is 1. The van der Waals surface area contributed by atoms with Crippen LogP contribution in [-0.4, -0.2) is 20.2 Å². The van der Waals surface area contributed by atoms with Crippen molar-refractivity contribution in [3.63, 3.8) is 0 Å². The van der Waals surface area contributed by atoms with Gasteiger partial charge in [0.05, 0.1) is 20.6 Å². The molecule has 0 aliphatic rings. The van der Waals surface area contributed by atoms with Crippen molar-refractivity contribution in [1.29, 1.82) is 0 Å². The number of benzene rings is 2. The summed E-state index contributed by atoms with van der Waals surface area (Å²) in [6, 6.07) is 10.2. The van der Waals surface area contributed by atoms with Crippen molar-refractivity contribution in [2.45, 2.75) is 11.4 Å². The molecule has 0 unspecified atom stereocenters. The van der Waals surface area contributed by atoms with Crippen LogP contribution in [0, 0.1) is 0 Å². The predicted molar refractivity (Wildman–Crippen MR) is 94.8 cm³/mol. The fourth-order valence-electron chi connectivity index (χ4n) is 1.85. The average Bonchev–Trinajstić information content (AvgIpc) is 2.55. The van der Waals surface area contributed by atoms with Gasteiger partial charge in [-0.15, -0.1) is 0 Å². The first-order valence-electron chi connectivity index (χ1n) is 6.83. The van der Waals surface area contributed by atoms with E-state index in [1.165, 1.54) is 36.4 Å². The summed E-state index contributed by atoms with van der Waals surface area (Å²) in [6.07, 6.45) is 0. The first-order chi connectivity index (χ1) is 11.7. The average molecular weight is 402 g/mol. The largest absolute Gasteiger partial charge is 0.344 e. The highest BCUT2D eigenvalue weighted by molar-refractivity contribution is 7.89. The van der Waals surface area contributed by atoms with Crippen molar-refractivity contribution >= 4 is 50.7 Å². The maximum atomic E-state index is 11.9. The van der Waals surface area contributed by atoms with Crippen LogP contribution in [0.5, 0.6) is 0 Å². The lowest BCUT2D eigenvalue weighted by atomic mass is 10.2. The van der Waals surface area contributed by atoms with Gasteiger partial charge in [0.1, 0.15) is 0 Å². The van der Waals surface area contributed by atoms with Crippen molar-refractivity contribution in [2.75, 3.05) is 5.32 Å². The second kappa shape index (κ2) is 7.83. The van der Waals surface area contributed by atoms with Gasteiger partial charge in [-0.3, -0.25) is 9.59 Å². The summed E-state index contributed by atoms with van der Waals surface area (Å²) in [5, 5.41) is 10.1. The van der Waals surface area contributed by atoms with E-state index in [0.29, 0.717) is 5.56 Å². The van der Waals surface area contributed by atoms with Gasteiger partial charge in [-0.25, -0.2) is 13.6 Å². The Kier molecular flexibility index (Phi) is 6.02. The number of amides is 2. The van der Waals surface area contributed by atoms with Gasteiger partial charge in [0.2, 0.25) is 10.0 Å². The van der Waals surface area contributed by atoms with E-state index in [1.807, 2.05) is 0 Å². The van der Waals surface area contributed by atoms with Crippen LogP contribution in [0.1, 0.15) is 5.56 Å². The molecule has 2 aromatic rings. The number of hydrogen-bond acceptors (Lipinski definition) is 4. The monoisotopic (exact) mass is 401 g/mol. The smallest absolute Gasteiger partial charge is 0.313 e. The summed E-state index contributed by atoms with van der Waals surface area (Å²) in [7, 11) is -3.78. The van der Waals surface area contributed by atoms with E-state index in [2.05, 4.69) is 10.6 Å². The topological polar surface area (TPSA) is 118 Å². The molecule has 0 bridgehead atoms. The zero-order chi connectivity index (χ0) is 18.6. The number of rotatable bonds is 4. The SMILES string of the molecule is NS(=O)(=O)c1ccc(CNC(=O)C(=O)Nc2c(Cl)cccc2Cl)cc1. The van der Waals surface area contributed by atoms with Crippen LogP contribution in [0.2, 0.25) is 10.0 Å². The zero-order valence-corrected chi connectivity index (χ0v) is 15.0. The van der Waals surface area contributed by atoms with Gasteiger partial charge in [0.25, 0.3) is 0 Å². The highest BCUT2D eigenvalue weighted by Crippen LogP contribution is 2.29. The molecule has 10 heteroatoms. The number of nitrogens with one attached hydrogen (secondary N) is 2. The third kappa shape index (κ3) is 5.17. The lowest BCUT2D eigenvalue weighted by molar-refractivity contribution is -0.136. The molecular formula is C15H13Cl2N3O4S. The molecule has 0 fully saturated rings. The molecule has 0 aromatic heterocycles. The summed E-state index contributed by atoms with van der Waals surface area (Å²) in [5.41, 5.74) is 0.729. The minimum atomic E-state index is -3.78. The fourth-order valence-corrected chi connectivity index (χ4v) is 2.85. The van der Waals surface area contributed by atoms with Gasteiger partial charge >= 0.3 is 11.8 Å². The molecule has 0 saturated heterocycles. The van der Waals surface area contributed by atoms with Crippen molar-refractivity contribution < 1.29 is 18.0 Å². The van der Waals surface area contributed by atoms with Gasteiger partial charge in [-0.05, 0) is 29.8 Å². The molecule has 0 spiro atoms. The number of halogens is 2. The van der Waals surface area contributed by atoms with Gasteiger partial charge in [-0.2, -0.15) is 0 Å². The Labute approximate surface area is 154 Å². The van der Waals surface area contributed by atoms with Gasteiger partial charge in [0, 0.05) is 6.54 Å². The van der Waals surface area contributed by atoms with Crippen molar-refractivity contribution in [2.24, 2.45) is 5.14 Å². The lowest BCUT2D eigenvalue weighted by Gasteiger charge is -2.09. The molecule has 132 valence electrons. The van der Waals surface area contributed by atoms with Crippen LogP contribution in [0.25, 0.3) is 0 Å². The minimum absolute atomic E-state index is 0.0212. The summed E-state index contributed by atoms with van der Waals surface area (Å²) in [4.78, 5) is 23.7. The molecular weight excluding hydrogens is 389 g/mol. The molecule has 0 atom stereocenters. The van der Waals surface area contributed by atoms with Crippen LogP contribution in [-0.2, 0) is 26.2 Å². The Hall–Kier alpha value is -2.13. The van der Waals surface area contributed by atoms with Crippen LogP contribution in [0.3, 0.4) is 0 Å². The number of nitrogens with two attached hydrogens (primary N) is 1. The van der Waals surface area contributed by atoms with E-state index >= 15 is 0 Å². The molecule has 0 aliphatic heterocycles. The number of primary sulfonamides is 1. The number of carbonyl (C=O) groups excluding carboxylic acids is 2. The Morgan fingerprint density at radius 1 is 0.960 bits per heavy atom. The highest BCUT2D eigenvalue weighted by atomic mass is 35.5. The molecule has 2 rings (SSSR count). The zero-order valence-electron chi connectivity index (χ0n) is 12.6. The van der Waals surface area contributed by atoms with Crippen molar-refractivity contribution in [3.05, 3.63) is 58.1 Å². The standard InChI is InChI=1S/C15H13Cl2N3O4S/c16-11-2-1-3-12(17)13(11)20-15(22)14(21)19-8-9-4-6-10(7-5-9)25(18,23)24/h1-7H,8H2,(H,19,21)(H,20,22)(H2,18,23,24). The highest BCUT2D eigenvalue weighted by Gasteiger charge is 2.16. The Bertz CT molecular complexity index is 895. The van der Waals surface area contributed by atoms with E-state index in [9.17, 15) is 18.0 Å². The second-order valence-electron chi connectivity index (χ2n) is 4.92. The van der Waals surface area contributed by atoms with Crippen molar-refractivity contribution in [3.8, 4) is 0 Å². The fraction of sp³-hybridized carbons (Fsp3) is 0.0667. The molecule has 0 heterocycles. The van der Waals surface area contributed by atoms with Gasteiger partial charge in [0.15, 0.2) is 0 Å². The van der Waals surface area contributed by atoms with Crippen LogP contribution < -0.4 is 15.8 Å². The van der Waals surface area contributed by atoms with Gasteiger partial charge in [-0.1, -0.05) is 41.4 Å². The molecule has 7 nitrogen and oxygen atoms in total. The number of hydrogen-bond donors (Lipinski definition) is 3. The van der Waals surface area contributed by atoms with E-state index in [0.717, 1.165) is 0 Å². The van der Waals surface area contributed by atoms with Crippen LogP contribution >= 0.6 is 23.2 Å². The maximum absolute atomic E-state index is 11.9. The number of anilines is 1. The second-order valence-corrected chi connectivity index (χ2v) is 7.30. The van der Waals surface area contributed by atoms with Crippen LogP contribution in [0.4, 0.5) is 5.69 Å². The van der Waals surface area contributed by atoms with E-state index in [1.54, 1.807) is 6.07 Å². The van der Waals surface area contributed by atoms with E-state index in [4.69, 9.17) is 28.3 Å². The first-order valence-corrected chi connectivity index (χ1v) is 9.13. The number of para-hydroxylation sites is 1. The summed E-state index contributed by atoms with van der Waals surface area (Å²) in [5.74, 6) is -1.83. The minimum Gasteiger partial charge on any atom is -0.344 e. The quantitative estimate of drug-likeness (QED) is 0.677. The first kappa shape index (κ1) is 19.2. The summed E-state index contributed by atoms with van der Waals surface area (Å²) in [6.45, 7) is 0.0212. The molecule has 4 N–H and O–H groups in total.